The van der Waals surface area contributed by atoms with Crippen molar-refractivity contribution in [1.29, 1.82) is 0 Å². The molecule has 1 aromatic carbocycles. The predicted octanol–water partition coefficient (Wildman–Crippen LogP) is 1.85. The van der Waals surface area contributed by atoms with Crippen LogP contribution >= 0.6 is 0 Å². The number of rotatable bonds is 3. The predicted molar refractivity (Wildman–Crippen MR) is 56.5 cm³/mol. The summed E-state index contributed by atoms with van der Waals surface area (Å²) >= 11 is 0. The van der Waals surface area contributed by atoms with Crippen molar-refractivity contribution >= 4 is 17.7 Å². The normalized spacial score (nSPS) is 10.4. The highest BCUT2D eigenvalue weighted by Gasteiger charge is 1.88. The fourth-order valence-corrected chi connectivity index (χ4v) is 0.957. The zero-order valence-electron chi connectivity index (χ0n) is 8.07. The first-order valence-corrected chi connectivity index (χ1v) is 4.34. The van der Waals surface area contributed by atoms with E-state index in [1.807, 2.05) is 30.3 Å². The lowest BCUT2D eigenvalue weighted by Gasteiger charge is -1.96. The van der Waals surface area contributed by atoms with Gasteiger partial charge in [-0.25, -0.2) is 0 Å². The van der Waals surface area contributed by atoms with Crippen molar-refractivity contribution in [3.63, 3.8) is 0 Å². The second-order valence-corrected chi connectivity index (χ2v) is 2.87. The summed E-state index contributed by atoms with van der Waals surface area (Å²) in [6.45, 7) is 1.69. The molecule has 0 aliphatic rings. The average Bonchev–Trinajstić information content (AvgIpc) is 2.15. The van der Waals surface area contributed by atoms with Crippen molar-refractivity contribution in [2.24, 2.45) is 0 Å². The van der Waals surface area contributed by atoms with Crippen molar-refractivity contribution in [2.45, 2.75) is 6.92 Å². The maximum Gasteiger partial charge on any atom is 0.302 e. The summed E-state index contributed by atoms with van der Waals surface area (Å²) in [5.74, 6) is -0.271. The molecule has 14 heavy (non-hydrogen) atoms. The average molecular weight is 191 g/mol. The SMILES string of the molecule is CC(=O)OC/C=C/c1ccc(N)cc1. The monoisotopic (exact) mass is 191 g/mol. The number of hydrogen-bond donors (Lipinski definition) is 1. The molecule has 2 N–H and O–H groups in total. The lowest BCUT2D eigenvalue weighted by atomic mass is 10.2. The molecule has 3 heteroatoms. The van der Waals surface area contributed by atoms with E-state index in [9.17, 15) is 4.79 Å². The molecule has 0 amide bonds. The van der Waals surface area contributed by atoms with Gasteiger partial charge in [-0.1, -0.05) is 18.2 Å². The highest BCUT2D eigenvalue weighted by atomic mass is 16.5. The number of ether oxygens (including phenoxy) is 1. The Bertz CT molecular complexity index is 328. The van der Waals surface area contributed by atoms with E-state index in [1.54, 1.807) is 6.08 Å². The van der Waals surface area contributed by atoms with E-state index in [4.69, 9.17) is 10.5 Å². The van der Waals surface area contributed by atoms with Crippen LogP contribution in [-0.2, 0) is 9.53 Å². The second kappa shape index (κ2) is 5.07. The van der Waals surface area contributed by atoms with Crippen LogP contribution < -0.4 is 5.73 Å². The van der Waals surface area contributed by atoms with Crippen LogP contribution in [-0.4, -0.2) is 12.6 Å². The number of esters is 1. The molecule has 0 aromatic heterocycles. The molecule has 3 nitrogen and oxygen atoms in total. The quantitative estimate of drug-likeness (QED) is 0.586. The van der Waals surface area contributed by atoms with Gasteiger partial charge in [-0.3, -0.25) is 4.79 Å². The first-order chi connectivity index (χ1) is 6.68. The van der Waals surface area contributed by atoms with Crippen LogP contribution in [0.1, 0.15) is 12.5 Å². The van der Waals surface area contributed by atoms with E-state index in [0.717, 1.165) is 11.3 Å². The molecule has 74 valence electrons. The summed E-state index contributed by atoms with van der Waals surface area (Å²) in [6.07, 6.45) is 3.66. The Kier molecular flexibility index (Phi) is 3.73. The number of anilines is 1. The lowest BCUT2D eigenvalue weighted by Crippen LogP contribution is -1.97. The molecule has 1 rings (SSSR count). The maximum absolute atomic E-state index is 10.4. The largest absolute Gasteiger partial charge is 0.462 e. The van der Waals surface area contributed by atoms with E-state index in [0.29, 0.717) is 6.61 Å². The summed E-state index contributed by atoms with van der Waals surface area (Å²) in [5.41, 5.74) is 7.30. The molecule has 0 heterocycles. The molecule has 0 aliphatic heterocycles. The van der Waals surface area contributed by atoms with Crippen LogP contribution in [0.25, 0.3) is 6.08 Å². The van der Waals surface area contributed by atoms with Crippen LogP contribution in [0.15, 0.2) is 30.3 Å². The molecule has 0 saturated heterocycles. The van der Waals surface area contributed by atoms with Crippen molar-refractivity contribution < 1.29 is 9.53 Å². The summed E-state index contributed by atoms with van der Waals surface area (Å²) in [4.78, 5) is 10.4. The van der Waals surface area contributed by atoms with Gasteiger partial charge in [0.2, 0.25) is 0 Å². The molecule has 0 fully saturated rings. The molecule has 0 spiro atoms. The van der Waals surface area contributed by atoms with E-state index in [-0.39, 0.29) is 5.97 Å². The minimum atomic E-state index is -0.271. The first-order valence-electron chi connectivity index (χ1n) is 4.34. The van der Waals surface area contributed by atoms with Crippen molar-refractivity contribution in [3.05, 3.63) is 35.9 Å². The summed E-state index contributed by atoms with van der Waals surface area (Å²) in [6, 6.07) is 7.45. The van der Waals surface area contributed by atoms with Gasteiger partial charge in [-0.05, 0) is 23.8 Å². The molecule has 0 bridgehead atoms. The highest BCUT2D eigenvalue weighted by Crippen LogP contribution is 2.06. The lowest BCUT2D eigenvalue weighted by molar-refractivity contribution is -0.139. The molecule has 0 saturated carbocycles. The minimum Gasteiger partial charge on any atom is -0.462 e. The minimum absolute atomic E-state index is 0.271. The van der Waals surface area contributed by atoms with Gasteiger partial charge < -0.3 is 10.5 Å². The number of nitrogen functional groups attached to an aromatic ring is 1. The van der Waals surface area contributed by atoms with Crippen LogP contribution in [0.3, 0.4) is 0 Å². The van der Waals surface area contributed by atoms with Gasteiger partial charge in [-0.2, -0.15) is 0 Å². The highest BCUT2D eigenvalue weighted by molar-refractivity contribution is 5.66. The number of benzene rings is 1. The zero-order valence-corrected chi connectivity index (χ0v) is 8.07. The van der Waals surface area contributed by atoms with Crippen molar-refractivity contribution in [2.75, 3.05) is 12.3 Å². The van der Waals surface area contributed by atoms with Crippen molar-refractivity contribution in [3.8, 4) is 0 Å². The smallest absolute Gasteiger partial charge is 0.302 e. The number of carbonyl (C=O) groups is 1. The van der Waals surface area contributed by atoms with Crippen LogP contribution in [0.5, 0.6) is 0 Å². The second-order valence-electron chi connectivity index (χ2n) is 2.87. The number of nitrogens with two attached hydrogens (primary N) is 1. The Labute approximate surface area is 83.2 Å². The third kappa shape index (κ3) is 3.76. The van der Waals surface area contributed by atoms with E-state index in [1.165, 1.54) is 6.92 Å². The Hall–Kier alpha value is -1.77. The Morgan fingerprint density at radius 1 is 1.43 bits per heavy atom. The van der Waals surface area contributed by atoms with E-state index >= 15 is 0 Å². The van der Waals surface area contributed by atoms with Crippen molar-refractivity contribution in [1.82, 2.24) is 0 Å². The first kappa shape index (κ1) is 10.3. The fourth-order valence-electron chi connectivity index (χ4n) is 0.957. The number of carbonyl (C=O) groups excluding carboxylic acids is 1. The standard InChI is InChI=1S/C11H13NO2/c1-9(13)14-8-2-3-10-4-6-11(12)7-5-10/h2-7H,8,12H2,1H3/b3-2+. The van der Waals surface area contributed by atoms with E-state index < -0.39 is 0 Å². The third-order valence-corrected chi connectivity index (χ3v) is 1.63. The maximum atomic E-state index is 10.4. The molecule has 1 aromatic rings. The van der Waals surface area contributed by atoms with Gasteiger partial charge in [0.1, 0.15) is 6.61 Å². The van der Waals surface area contributed by atoms with Crippen LogP contribution in [0.4, 0.5) is 5.69 Å². The van der Waals surface area contributed by atoms with Gasteiger partial charge >= 0.3 is 5.97 Å². The molecule has 0 aliphatic carbocycles. The Morgan fingerprint density at radius 3 is 2.64 bits per heavy atom. The molecule has 0 atom stereocenters. The summed E-state index contributed by atoms with van der Waals surface area (Å²) < 4.78 is 4.74. The zero-order chi connectivity index (χ0) is 10.4. The van der Waals surface area contributed by atoms with Gasteiger partial charge in [0.05, 0.1) is 0 Å². The van der Waals surface area contributed by atoms with Gasteiger partial charge in [0.15, 0.2) is 0 Å². The van der Waals surface area contributed by atoms with Crippen LogP contribution in [0, 0.1) is 0 Å². The molecular weight excluding hydrogens is 178 g/mol. The number of hydrogen-bond acceptors (Lipinski definition) is 3. The topological polar surface area (TPSA) is 52.3 Å². The van der Waals surface area contributed by atoms with Gasteiger partial charge in [0.25, 0.3) is 0 Å². The van der Waals surface area contributed by atoms with Gasteiger partial charge in [-0.15, -0.1) is 0 Å². The van der Waals surface area contributed by atoms with Gasteiger partial charge in [0, 0.05) is 12.6 Å². The Balaban J connectivity index is 2.44. The summed E-state index contributed by atoms with van der Waals surface area (Å²) in [7, 11) is 0. The van der Waals surface area contributed by atoms with E-state index in [2.05, 4.69) is 0 Å². The molecule has 0 radical (unpaired) electrons. The fraction of sp³-hybridized carbons (Fsp3) is 0.182. The third-order valence-electron chi connectivity index (χ3n) is 1.63. The van der Waals surface area contributed by atoms with Crippen LogP contribution in [0.2, 0.25) is 0 Å². The molecule has 0 unspecified atom stereocenters. The summed E-state index contributed by atoms with van der Waals surface area (Å²) in [5, 5.41) is 0. The Morgan fingerprint density at radius 2 is 2.07 bits per heavy atom. The molecular formula is C11H13NO2.